The van der Waals surface area contributed by atoms with Gasteiger partial charge in [0, 0.05) is 37.0 Å². The van der Waals surface area contributed by atoms with Crippen molar-refractivity contribution < 1.29 is 13.2 Å². The van der Waals surface area contributed by atoms with Gasteiger partial charge in [-0.1, -0.05) is 61.2 Å². The summed E-state index contributed by atoms with van der Waals surface area (Å²) in [6.07, 6.45) is 5.38. The molecule has 2 saturated heterocycles. The second-order valence-electron chi connectivity index (χ2n) is 9.25. The van der Waals surface area contributed by atoms with Gasteiger partial charge in [-0.2, -0.15) is 9.40 Å². The van der Waals surface area contributed by atoms with Gasteiger partial charge in [-0.05, 0) is 56.0 Å². The number of amides is 1. The first-order valence-electron chi connectivity index (χ1n) is 12.3. The molecule has 2 aliphatic heterocycles. The molecule has 0 N–H and O–H groups in total. The van der Waals surface area contributed by atoms with Gasteiger partial charge in [0.1, 0.15) is 10.0 Å². The highest BCUT2D eigenvalue weighted by Gasteiger charge is 2.32. The number of hydrogen-bond acceptors (Lipinski definition) is 6. The number of sulfonamides is 1. The van der Waals surface area contributed by atoms with Gasteiger partial charge in [-0.25, -0.2) is 13.1 Å². The van der Waals surface area contributed by atoms with E-state index in [4.69, 9.17) is 17.3 Å². The summed E-state index contributed by atoms with van der Waals surface area (Å²) in [5, 5.41) is 4.82. The van der Waals surface area contributed by atoms with E-state index in [1.165, 1.54) is 11.8 Å². The van der Waals surface area contributed by atoms with Crippen molar-refractivity contribution in [2.75, 3.05) is 19.6 Å². The maximum Gasteiger partial charge on any atom is 0.266 e. The quantitative estimate of drug-likeness (QED) is 0.310. The zero-order valence-corrected chi connectivity index (χ0v) is 23.2. The van der Waals surface area contributed by atoms with E-state index < -0.39 is 10.0 Å². The minimum atomic E-state index is -3.62. The van der Waals surface area contributed by atoms with Crippen molar-refractivity contribution >= 4 is 50.3 Å². The van der Waals surface area contributed by atoms with Crippen molar-refractivity contribution in [2.24, 2.45) is 5.92 Å². The van der Waals surface area contributed by atoms with E-state index >= 15 is 0 Å². The van der Waals surface area contributed by atoms with Crippen LogP contribution in [-0.4, -0.2) is 57.3 Å². The van der Waals surface area contributed by atoms with E-state index in [1.54, 1.807) is 38.2 Å². The van der Waals surface area contributed by atoms with Gasteiger partial charge in [-0.15, -0.1) is 0 Å². The number of benzene rings is 2. The number of aromatic nitrogens is 2. The Morgan fingerprint density at radius 1 is 1.11 bits per heavy atom. The van der Waals surface area contributed by atoms with Crippen LogP contribution in [0.25, 0.3) is 23.0 Å². The molecule has 0 unspecified atom stereocenters. The minimum Gasteiger partial charge on any atom is -0.293 e. The molecule has 7 nitrogen and oxygen atoms in total. The average molecular weight is 553 g/mol. The van der Waals surface area contributed by atoms with Crippen LogP contribution in [0.5, 0.6) is 0 Å². The largest absolute Gasteiger partial charge is 0.293 e. The van der Waals surface area contributed by atoms with Crippen molar-refractivity contribution in [1.82, 2.24) is 19.0 Å². The molecular formula is C27H28N4O3S3. The number of thiocarbonyl (C=S) groups is 1. The molecule has 0 aliphatic carbocycles. The standard InChI is InChI=1S/C27H28N4O3S3/c1-3-30-26(32)24(36-27(30)35)17-21-18-31(22-9-5-4-6-10-22)28-25(21)20-8-7-11-23(16-20)37(33,34)29-14-12-19(2)13-15-29/h4-11,16-19H,3,12-15H2,1-2H3/b24-17-. The monoisotopic (exact) mass is 552 g/mol. The van der Waals surface area contributed by atoms with Gasteiger partial charge >= 0.3 is 0 Å². The summed E-state index contributed by atoms with van der Waals surface area (Å²) in [7, 11) is -3.62. The highest BCUT2D eigenvalue weighted by atomic mass is 32.2. The highest BCUT2D eigenvalue weighted by Crippen LogP contribution is 2.35. The first-order chi connectivity index (χ1) is 17.8. The van der Waals surface area contributed by atoms with Crippen LogP contribution in [0.1, 0.15) is 32.3 Å². The van der Waals surface area contributed by atoms with E-state index in [0.717, 1.165) is 18.5 Å². The number of thioether (sulfide) groups is 1. The summed E-state index contributed by atoms with van der Waals surface area (Å²) >= 11 is 6.65. The number of para-hydroxylation sites is 1. The number of rotatable bonds is 6. The third-order valence-corrected chi connectivity index (χ3v) is 10.00. The number of piperidine rings is 1. The molecular weight excluding hydrogens is 525 g/mol. The Balaban J connectivity index is 1.58. The molecule has 0 atom stereocenters. The molecule has 5 rings (SSSR count). The van der Waals surface area contributed by atoms with Crippen LogP contribution in [0, 0.1) is 5.92 Å². The maximum absolute atomic E-state index is 13.4. The first kappa shape index (κ1) is 25.8. The molecule has 3 heterocycles. The zero-order chi connectivity index (χ0) is 26.2. The van der Waals surface area contributed by atoms with Gasteiger partial charge < -0.3 is 0 Å². The molecule has 0 bridgehead atoms. The van der Waals surface area contributed by atoms with E-state index in [1.807, 2.05) is 49.5 Å². The van der Waals surface area contributed by atoms with Crippen molar-refractivity contribution in [3.05, 3.63) is 71.3 Å². The fourth-order valence-electron chi connectivity index (χ4n) is 4.52. The van der Waals surface area contributed by atoms with Gasteiger partial charge in [0.15, 0.2) is 0 Å². The van der Waals surface area contributed by atoms with Crippen LogP contribution in [-0.2, 0) is 14.8 Å². The van der Waals surface area contributed by atoms with E-state index in [0.29, 0.717) is 51.6 Å². The second-order valence-corrected chi connectivity index (χ2v) is 12.9. The Bertz CT molecular complexity index is 1470. The molecule has 0 spiro atoms. The van der Waals surface area contributed by atoms with Crippen LogP contribution < -0.4 is 0 Å². The average Bonchev–Trinajstić information content (AvgIpc) is 3.45. The molecule has 1 amide bonds. The van der Waals surface area contributed by atoms with Crippen LogP contribution in [0.4, 0.5) is 0 Å². The number of carbonyl (C=O) groups is 1. The Kier molecular flexibility index (Phi) is 7.35. The molecule has 2 aromatic carbocycles. The molecule has 37 heavy (non-hydrogen) atoms. The van der Waals surface area contributed by atoms with Gasteiger partial charge in [0.2, 0.25) is 10.0 Å². The fourth-order valence-corrected chi connectivity index (χ4v) is 7.41. The van der Waals surface area contributed by atoms with Gasteiger partial charge in [-0.3, -0.25) is 9.69 Å². The van der Waals surface area contributed by atoms with Crippen molar-refractivity contribution in [3.8, 4) is 16.9 Å². The predicted octanol–water partition coefficient (Wildman–Crippen LogP) is 5.18. The number of nitrogens with zero attached hydrogens (tertiary/aromatic N) is 4. The van der Waals surface area contributed by atoms with Gasteiger partial charge in [0.05, 0.1) is 15.5 Å². The lowest BCUT2D eigenvalue weighted by Gasteiger charge is -2.29. The molecule has 3 aromatic rings. The van der Waals surface area contributed by atoms with E-state index in [9.17, 15) is 13.2 Å². The molecule has 0 radical (unpaired) electrons. The number of carbonyl (C=O) groups excluding carboxylic acids is 1. The summed E-state index contributed by atoms with van der Waals surface area (Å²) < 4.78 is 30.7. The van der Waals surface area contributed by atoms with E-state index in [-0.39, 0.29) is 10.8 Å². The number of likely N-dealkylation sites (N-methyl/N-ethyl adjacent to an activating group) is 1. The third kappa shape index (κ3) is 5.16. The molecule has 192 valence electrons. The summed E-state index contributed by atoms with van der Waals surface area (Å²) in [6, 6.07) is 16.6. The topological polar surface area (TPSA) is 75.5 Å². The maximum atomic E-state index is 13.4. The fraction of sp³-hybridized carbons (Fsp3) is 0.296. The lowest BCUT2D eigenvalue weighted by Crippen LogP contribution is -2.37. The summed E-state index contributed by atoms with van der Waals surface area (Å²) in [5.74, 6) is 0.398. The number of hydrogen-bond donors (Lipinski definition) is 0. The lowest BCUT2D eigenvalue weighted by atomic mass is 10.0. The molecule has 2 fully saturated rings. The van der Waals surface area contributed by atoms with Crippen LogP contribution in [0.15, 0.2) is 70.6 Å². The predicted molar refractivity (Wildman–Crippen MR) is 152 cm³/mol. The van der Waals surface area contributed by atoms with Crippen LogP contribution >= 0.6 is 24.0 Å². The van der Waals surface area contributed by atoms with E-state index in [2.05, 4.69) is 6.92 Å². The molecule has 10 heteroatoms. The zero-order valence-electron chi connectivity index (χ0n) is 20.7. The molecule has 1 aromatic heterocycles. The van der Waals surface area contributed by atoms with Crippen molar-refractivity contribution in [3.63, 3.8) is 0 Å². The molecule has 0 saturated carbocycles. The third-order valence-electron chi connectivity index (χ3n) is 6.73. The lowest BCUT2D eigenvalue weighted by molar-refractivity contribution is -0.121. The van der Waals surface area contributed by atoms with Gasteiger partial charge in [0.25, 0.3) is 5.91 Å². The van der Waals surface area contributed by atoms with Crippen molar-refractivity contribution in [2.45, 2.75) is 31.6 Å². The van der Waals surface area contributed by atoms with Crippen LogP contribution in [0.3, 0.4) is 0 Å². The Morgan fingerprint density at radius 3 is 2.51 bits per heavy atom. The Morgan fingerprint density at radius 2 is 1.84 bits per heavy atom. The Labute approximate surface area is 227 Å². The van der Waals surface area contributed by atoms with Crippen molar-refractivity contribution in [1.29, 1.82) is 0 Å². The SMILES string of the molecule is CCN1C(=O)/C(=C/c2cn(-c3ccccc3)nc2-c2cccc(S(=O)(=O)N3CCC(C)CC3)c2)SC1=S. The summed E-state index contributed by atoms with van der Waals surface area (Å²) in [5.41, 5.74) is 2.82. The smallest absolute Gasteiger partial charge is 0.266 e. The summed E-state index contributed by atoms with van der Waals surface area (Å²) in [4.78, 5) is 15.2. The normalized spacial score (nSPS) is 18.8. The highest BCUT2D eigenvalue weighted by molar-refractivity contribution is 8.26. The first-order valence-corrected chi connectivity index (χ1v) is 15.0. The second kappa shape index (κ2) is 10.5. The van der Waals surface area contributed by atoms with Crippen LogP contribution in [0.2, 0.25) is 0 Å². The minimum absolute atomic E-state index is 0.133. The summed E-state index contributed by atoms with van der Waals surface area (Å²) in [6.45, 7) is 5.61. The Hall–Kier alpha value is -2.79. The molecule has 2 aliphatic rings.